The summed E-state index contributed by atoms with van der Waals surface area (Å²) in [4.78, 5) is 26.1. The number of benzene rings is 1. The Kier molecular flexibility index (Phi) is 11.9. The largest absolute Gasteiger partial charge is 0.361 e. The molecule has 2 N–H and O–H groups in total. The van der Waals surface area contributed by atoms with E-state index in [0.717, 1.165) is 17.7 Å². The van der Waals surface area contributed by atoms with Gasteiger partial charge in [-0.3, -0.25) is 14.5 Å². The Hall–Kier alpha value is -2.16. The van der Waals surface area contributed by atoms with Gasteiger partial charge in [0.1, 0.15) is 6.73 Å². The van der Waals surface area contributed by atoms with Gasteiger partial charge in [-0.05, 0) is 37.6 Å². The molecule has 0 aromatic heterocycles. The van der Waals surface area contributed by atoms with Crippen molar-refractivity contribution in [3.8, 4) is 12.3 Å². The van der Waals surface area contributed by atoms with Crippen molar-refractivity contribution in [3.63, 3.8) is 0 Å². The molecular formula is C23H34N2O3. The fourth-order valence-electron chi connectivity index (χ4n) is 2.83. The molecule has 2 amide bonds. The number of hydrogen-bond donors (Lipinski definition) is 1. The Morgan fingerprint density at radius 3 is 2.18 bits per heavy atom. The fraction of sp³-hybridized carbons (Fsp3) is 0.565. The van der Waals surface area contributed by atoms with E-state index in [1.165, 1.54) is 38.5 Å². The Bertz CT molecular complexity index is 632. The minimum atomic E-state index is -0.777. The summed E-state index contributed by atoms with van der Waals surface area (Å²) in [6.45, 7) is 4.20. The van der Waals surface area contributed by atoms with Crippen LogP contribution in [0.1, 0.15) is 81.1 Å². The van der Waals surface area contributed by atoms with Crippen LogP contribution in [-0.4, -0.2) is 36.1 Å². The number of nitrogens with zero attached hydrogens (tertiary/aromatic N) is 1. The quantitative estimate of drug-likeness (QED) is 0.315. The van der Waals surface area contributed by atoms with Gasteiger partial charge in [0.2, 0.25) is 5.91 Å². The molecule has 154 valence electrons. The van der Waals surface area contributed by atoms with Crippen LogP contribution in [-0.2, 0) is 9.53 Å². The first kappa shape index (κ1) is 23.9. The van der Waals surface area contributed by atoms with E-state index in [4.69, 9.17) is 16.9 Å². The molecule has 0 unspecified atom stereocenters. The molecule has 1 rings (SSSR count). The Balaban J connectivity index is 2.45. The molecule has 1 aromatic rings. The van der Waals surface area contributed by atoms with Crippen LogP contribution in [0.5, 0.6) is 0 Å². The molecule has 0 radical (unpaired) electrons. The molecule has 0 aliphatic heterocycles. The number of rotatable bonds is 13. The zero-order valence-corrected chi connectivity index (χ0v) is 17.3. The maximum atomic E-state index is 12.7. The van der Waals surface area contributed by atoms with Gasteiger partial charge in [0, 0.05) is 17.7 Å². The zero-order chi connectivity index (χ0) is 20.8. The summed E-state index contributed by atoms with van der Waals surface area (Å²) in [6.07, 6.45) is 15.0. The Labute approximate surface area is 169 Å². The van der Waals surface area contributed by atoms with Crippen molar-refractivity contribution in [1.82, 2.24) is 4.90 Å². The average Bonchev–Trinajstić information content (AvgIpc) is 2.71. The molecule has 5 heteroatoms. The second-order valence-corrected chi connectivity index (χ2v) is 7.09. The number of carbonyl (C=O) groups is 2. The summed E-state index contributed by atoms with van der Waals surface area (Å²) in [5.41, 5.74) is 6.74. The molecule has 0 spiro atoms. The van der Waals surface area contributed by atoms with Crippen molar-refractivity contribution < 1.29 is 14.3 Å². The van der Waals surface area contributed by atoms with Crippen LogP contribution in [0.3, 0.4) is 0 Å². The third kappa shape index (κ3) is 8.69. The predicted molar refractivity (Wildman–Crippen MR) is 113 cm³/mol. The van der Waals surface area contributed by atoms with Crippen LogP contribution in [0.25, 0.3) is 0 Å². The van der Waals surface area contributed by atoms with Gasteiger partial charge < -0.3 is 10.5 Å². The summed E-state index contributed by atoms with van der Waals surface area (Å²) in [6, 6.07) is 5.78. The molecule has 0 fully saturated rings. The molecule has 0 saturated carbocycles. The predicted octanol–water partition coefficient (Wildman–Crippen LogP) is 4.10. The molecule has 1 aromatic carbocycles. The SMILES string of the molecule is C#Cc1ccc(C(=O)N(COCCCCCCCCCC)C(=O)[C@H](C)N)cc1. The van der Waals surface area contributed by atoms with Gasteiger partial charge in [0.25, 0.3) is 5.91 Å². The highest BCUT2D eigenvalue weighted by Gasteiger charge is 2.25. The molecule has 0 heterocycles. The third-order valence-corrected chi connectivity index (χ3v) is 4.56. The third-order valence-electron chi connectivity index (χ3n) is 4.56. The smallest absolute Gasteiger partial charge is 0.262 e. The van der Waals surface area contributed by atoms with Crippen LogP contribution >= 0.6 is 0 Å². The lowest BCUT2D eigenvalue weighted by Crippen LogP contribution is -2.46. The van der Waals surface area contributed by atoms with E-state index in [2.05, 4.69) is 12.8 Å². The average molecular weight is 387 g/mol. The van der Waals surface area contributed by atoms with Crippen molar-refractivity contribution in [1.29, 1.82) is 0 Å². The highest BCUT2D eigenvalue weighted by molar-refractivity contribution is 6.05. The monoisotopic (exact) mass is 386 g/mol. The molecule has 0 aliphatic carbocycles. The lowest BCUT2D eigenvalue weighted by atomic mass is 10.1. The summed E-state index contributed by atoms with van der Waals surface area (Å²) >= 11 is 0. The lowest BCUT2D eigenvalue weighted by molar-refractivity contribution is -0.134. The number of amides is 2. The van der Waals surface area contributed by atoms with Crippen LogP contribution in [0, 0.1) is 12.3 Å². The van der Waals surface area contributed by atoms with E-state index in [9.17, 15) is 9.59 Å². The molecular weight excluding hydrogens is 352 g/mol. The lowest BCUT2D eigenvalue weighted by Gasteiger charge is -2.22. The number of nitrogens with two attached hydrogens (primary N) is 1. The van der Waals surface area contributed by atoms with Crippen molar-refractivity contribution >= 4 is 11.8 Å². The first-order valence-corrected chi connectivity index (χ1v) is 10.3. The topological polar surface area (TPSA) is 72.6 Å². The number of hydrogen-bond acceptors (Lipinski definition) is 4. The van der Waals surface area contributed by atoms with Crippen LogP contribution in [0.2, 0.25) is 0 Å². The van der Waals surface area contributed by atoms with E-state index in [1.807, 2.05) is 0 Å². The van der Waals surface area contributed by atoms with Gasteiger partial charge in [-0.25, -0.2) is 0 Å². The molecule has 1 atom stereocenters. The van der Waals surface area contributed by atoms with E-state index in [1.54, 1.807) is 31.2 Å². The second kappa shape index (κ2) is 13.9. The van der Waals surface area contributed by atoms with Crippen molar-refractivity contribution in [3.05, 3.63) is 35.4 Å². The first-order chi connectivity index (χ1) is 13.5. The van der Waals surface area contributed by atoms with Gasteiger partial charge >= 0.3 is 0 Å². The summed E-state index contributed by atoms with van der Waals surface area (Å²) in [5, 5.41) is 0. The summed E-state index contributed by atoms with van der Waals surface area (Å²) in [5.74, 6) is 1.61. The highest BCUT2D eigenvalue weighted by Crippen LogP contribution is 2.10. The Morgan fingerprint density at radius 2 is 1.64 bits per heavy atom. The minimum absolute atomic E-state index is 0.0907. The van der Waals surface area contributed by atoms with Crippen molar-refractivity contribution in [2.75, 3.05) is 13.3 Å². The van der Waals surface area contributed by atoms with Crippen LogP contribution < -0.4 is 5.73 Å². The standard InChI is InChI=1S/C23H34N2O3/c1-4-6-7-8-9-10-11-12-17-28-18-25(22(26)19(3)24)23(27)21-15-13-20(5-2)14-16-21/h2,13-16,19H,4,6-12,17-18,24H2,1,3H3/t19-/m0/s1. The highest BCUT2D eigenvalue weighted by atomic mass is 16.5. The van der Waals surface area contributed by atoms with E-state index in [0.29, 0.717) is 17.7 Å². The van der Waals surface area contributed by atoms with E-state index < -0.39 is 17.9 Å². The second-order valence-electron chi connectivity index (χ2n) is 7.09. The number of unbranched alkanes of at least 4 members (excludes halogenated alkanes) is 7. The Morgan fingerprint density at radius 1 is 1.07 bits per heavy atom. The van der Waals surface area contributed by atoms with Gasteiger partial charge in [0.05, 0.1) is 6.04 Å². The molecule has 0 aliphatic rings. The number of ether oxygens (including phenoxy) is 1. The molecule has 0 bridgehead atoms. The van der Waals surface area contributed by atoms with E-state index in [-0.39, 0.29) is 6.73 Å². The maximum absolute atomic E-state index is 12.7. The minimum Gasteiger partial charge on any atom is -0.361 e. The molecule has 0 saturated heterocycles. The summed E-state index contributed by atoms with van der Waals surface area (Å²) < 4.78 is 5.60. The van der Waals surface area contributed by atoms with Crippen molar-refractivity contribution in [2.45, 2.75) is 71.3 Å². The number of terminal acetylenes is 1. The molecule has 28 heavy (non-hydrogen) atoms. The van der Waals surface area contributed by atoms with Crippen LogP contribution in [0.15, 0.2) is 24.3 Å². The van der Waals surface area contributed by atoms with Crippen molar-refractivity contribution in [2.24, 2.45) is 5.73 Å². The van der Waals surface area contributed by atoms with E-state index >= 15 is 0 Å². The van der Waals surface area contributed by atoms with Gasteiger partial charge in [-0.1, -0.05) is 57.8 Å². The number of carbonyl (C=O) groups excluding carboxylic acids is 2. The summed E-state index contributed by atoms with van der Waals surface area (Å²) in [7, 11) is 0. The van der Waals surface area contributed by atoms with Gasteiger partial charge in [0.15, 0.2) is 0 Å². The molecule has 5 nitrogen and oxygen atoms in total. The maximum Gasteiger partial charge on any atom is 0.262 e. The normalized spacial score (nSPS) is 11.6. The van der Waals surface area contributed by atoms with Gasteiger partial charge in [-0.15, -0.1) is 6.42 Å². The van der Waals surface area contributed by atoms with Crippen LogP contribution in [0.4, 0.5) is 0 Å². The zero-order valence-electron chi connectivity index (χ0n) is 17.3. The number of imide groups is 1. The fourth-order valence-corrected chi connectivity index (χ4v) is 2.83. The van der Waals surface area contributed by atoms with Gasteiger partial charge in [-0.2, -0.15) is 0 Å². The first-order valence-electron chi connectivity index (χ1n) is 10.3.